The van der Waals surface area contributed by atoms with E-state index in [4.69, 9.17) is 30.9 Å². The maximum absolute atomic E-state index is 12.2. The van der Waals surface area contributed by atoms with Crippen LogP contribution in [0.15, 0.2) is 12.1 Å². The third-order valence-corrected chi connectivity index (χ3v) is 3.32. The van der Waals surface area contributed by atoms with Crippen molar-refractivity contribution >= 4 is 17.5 Å². The number of aliphatic hydroxyl groups is 1. The summed E-state index contributed by atoms with van der Waals surface area (Å²) in [5.74, 6) is 0.622. The molecule has 2 N–H and O–H groups in total. The van der Waals surface area contributed by atoms with E-state index in [1.807, 2.05) is 0 Å². The van der Waals surface area contributed by atoms with Crippen molar-refractivity contribution in [1.29, 1.82) is 0 Å². The molecule has 0 aliphatic carbocycles. The number of amides is 1. The van der Waals surface area contributed by atoms with Gasteiger partial charge in [0.1, 0.15) is 13.2 Å². The molecule has 0 saturated carbocycles. The number of carbonyl (C=O) groups is 1. The van der Waals surface area contributed by atoms with Gasteiger partial charge in [-0.2, -0.15) is 0 Å². The Morgan fingerprint density at radius 1 is 1.48 bits per heavy atom. The van der Waals surface area contributed by atoms with Crippen LogP contribution in [-0.4, -0.2) is 50.6 Å². The number of hydrogen-bond acceptors (Lipinski definition) is 5. The lowest BCUT2D eigenvalue weighted by molar-refractivity contribution is 0.0877. The van der Waals surface area contributed by atoms with Crippen molar-refractivity contribution in [3.05, 3.63) is 22.7 Å². The Bertz CT molecular complexity index is 502. The van der Waals surface area contributed by atoms with Gasteiger partial charge in [0.15, 0.2) is 11.5 Å². The summed E-state index contributed by atoms with van der Waals surface area (Å²) >= 11 is 6.10. The van der Waals surface area contributed by atoms with E-state index in [-0.39, 0.29) is 18.6 Å². The SMILES string of the molecule is COCC(CCO)NC(=O)c1cc(Cl)c2c(c1)OCCO2. The molecule has 1 unspecified atom stereocenters. The molecule has 1 amide bonds. The van der Waals surface area contributed by atoms with Gasteiger partial charge in [-0.15, -0.1) is 0 Å². The molecule has 1 atom stereocenters. The number of aliphatic hydroxyl groups excluding tert-OH is 1. The van der Waals surface area contributed by atoms with Crippen LogP contribution in [0.4, 0.5) is 0 Å². The summed E-state index contributed by atoms with van der Waals surface area (Å²) in [5, 5.41) is 12.1. The van der Waals surface area contributed by atoms with Gasteiger partial charge in [-0.05, 0) is 18.6 Å². The Hall–Kier alpha value is -1.50. The van der Waals surface area contributed by atoms with Crippen LogP contribution in [0, 0.1) is 0 Å². The zero-order valence-corrected chi connectivity index (χ0v) is 12.5. The molecule has 0 bridgehead atoms. The molecule has 0 aromatic heterocycles. The van der Waals surface area contributed by atoms with Gasteiger partial charge >= 0.3 is 0 Å². The largest absolute Gasteiger partial charge is 0.486 e. The summed E-state index contributed by atoms with van der Waals surface area (Å²) in [4.78, 5) is 12.2. The second-order valence-corrected chi connectivity index (χ2v) is 5.03. The van der Waals surface area contributed by atoms with Crippen molar-refractivity contribution in [3.63, 3.8) is 0 Å². The number of benzene rings is 1. The van der Waals surface area contributed by atoms with E-state index in [2.05, 4.69) is 5.32 Å². The fourth-order valence-electron chi connectivity index (χ4n) is 2.06. The molecule has 0 fully saturated rings. The average Bonchev–Trinajstić information content (AvgIpc) is 2.47. The Balaban J connectivity index is 2.13. The molecular formula is C14H18ClNO5. The number of halogens is 1. The lowest BCUT2D eigenvalue weighted by atomic mass is 10.1. The molecule has 1 aliphatic rings. The number of carbonyl (C=O) groups excluding carboxylic acids is 1. The van der Waals surface area contributed by atoms with Gasteiger partial charge in [0.05, 0.1) is 17.7 Å². The summed E-state index contributed by atoms with van der Waals surface area (Å²) in [5.41, 5.74) is 0.378. The lowest BCUT2D eigenvalue weighted by Crippen LogP contribution is -2.38. The first-order valence-electron chi connectivity index (χ1n) is 6.65. The van der Waals surface area contributed by atoms with Gasteiger partial charge in [-0.25, -0.2) is 0 Å². The van der Waals surface area contributed by atoms with E-state index in [1.165, 1.54) is 13.2 Å². The molecule has 1 heterocycles. The Morgan fingerprint density at radius 2 is 2.24 bits per heavy atom. The minimum absolute atomic E-state index is 0.0315. The zero-order valence-electron chi connectivity index (χ0n) is 11.7. The van der Waals surface area contributed by atoms with Crippen molar-refractivity contribution in [2.24, 2.45) is 0 Å². The van der Waals surface area contributed by atoms with Crippen LogP contribution in [0.2, 0.25) is 5.02 Å². The van der Waals surface area contributed by atoms with E-state index < -0.39 is 0 Å². The topological polar surface area (TPSA) is 77.0 Å². The van der Waals surface area contributed by atoms with Gasteiger partial charge in [-0.1, -0.05) is 11.6 Å². The molecule has 116 valence electrons. The number of nitrogens with one attached hydrogen (secondary N) is 1. The highest BCUT2D eigenvalue weighted by Crippen LogP contribution is 2.38. The van der Waals surface area contributed by atoms with E-state index in [0.29, 0.717) is 48.3 Å². The fourth-order valence-corrected chi connectivity index (χ4v) is 2.33. The monoisotopic (exact) mass is 315 g/mol. The smallest absolute Gasteiger partial charge is 0.251 e. The number of hydrogen-bond donors (Lipinski definition) is 2. The molecule has 1 aromatic rings. The van der Waals surface area contributed by atoms with Crippen molar-refractivity contribution in [2.75, 3.05) is 33.5 Å². The normalized spacial score (nSPS) is 14.6. The van der Waals surface area contributed by atoms with E-state index in [9.17, 15) is 4.79 Å². The zero-order chi connectivity index (χ0) is 15.2. The van der Waals surface area contributed by atoms with Crippen LogP contribution in [0.1, 0.15) is 16.8 Å². The third-order valence-electron chi connectivity index (χ3n) is 3.04. The summed E-state index contributed by atoms with van der Waals surface area (Å²) < 4.78 is 15.9. The van der Waals surface area contributed by atoms with Crippen LogP contribution >= 0.6 is 11.6 Å². The fraction of sp³-hybridized carbons (Fsp3) is 0.500. The molecule has 0 saturated heterocycles. The summed E-state index contributed by atoms with van der Waals surface area (Å²) in [6, 6.07) is 2.87. The number of fused-ring (bicyclic) bond motifs is 1. The highest BCUT2D eigenvalue weighted by Gasteiger charge is 2.20. The predicted molar refractivity (Wildman–Crippen MR) is 77.3 cm³/mol. The lowest BCUT2D eigenvalue weighted by Gasteiger charge is -2.21. The second-order valence-electron chi connectivity index (χ2n) is 4.62. The maximum atomic E-state index is 12.2. The Morgan fingerprint density at radius 3 is 2.95 bits per heavy atom. The van der Waals surface area contributed by atoms with Crippen LogP contribution in [0.3, 0.4) is 0 Å². The predicted octanol–water partition coefficient (Wildman–Crippen LogP) is 1.24. The number of rotatable bonds is 6. The van der Waals surface area contributed by atoms with Crippen LogP contribution in [0.5, 0.6) is 11.5 Å². The van der Waals surface area contributed by atoms with E-state index >= 15 is 0 Å². The van der Waals surface area contributed by atoms with Gasteiger partial charge < -0.3 is 24.6 Å². The highest BCUT2D eigenvalue weighted by molar-refractivity contribution is 6.32. The van der Waals surface area contributed by atoms with Gasteiger partial charge in [0.25, 0.3) is 5.91 Å². The molecule has 6 nitrogen and oxygen atoms in total. The first-order valence-corrected chi connectivity index (χ1v) is 7.03. The van der Waals surface area contributed by atoms with Gasteiger partial charge in [0.2, 0.25) is 0 Å². The van der Waals surface area contributed by atoms with Gasteiger partial charge in [0, 0.05) is 19.3 Å². The quantitative estimate of drug-likeness (QED) is 0.826. The first-order chi connectivity index (χ1) is 10.2. The number of methoxy groups -OCH3 is 1. The molecule has 0 radical (unpaired) electrons. The molecule has 0 spiro atoms. The minimum atomic E-state index is -0.302. The molecule has 21 heavy (non-hydrogen) atoms. The molecular weight excluding hydrogens is 298 g/mol. The molecule has 2 rings (SSSR count). The first kappa shape index (κ1) is 15.9. The summed E-state index contributed by atoms with van der Waals surface area (Å²) in [6.07, 6.45) is 0.415. The van der Waals surface area contributed by atoms with Crippen molar-refractivity contribution in [2.45, 2.75) is 12.5 Å². The highest BCUT2D eigenvalue weighted by atomic mass is 35.5. The molecule has 1 aromatic carbocycles. The second kappa shape index (κ2) is 7.49. The van der Waals surface area contributed by atoms with Crippen molar-refractivity contribution in [1.82, 2.24) is 5.32 Å². The van der Waals surface area contributed by atoms with Gasteiger partial charge in [-0.3, -0.25) is 4.79 Å². The maximum Gasteiger partial charge on any atom is 0.251 e. The summed E-state index contributed by atoms with van der Waals surface area (Å²) in [7, 11) is 1.54. The van der Waals surface area contributed by atoms with Crippen molar-refractivity contribution in [3.8, 4) is 11.5 Å². The Labute approximate surface area is 127 Å². The van der Waals surface area contributed by atoms with Crippen LogP contribution in [-0.2, 0) is 4.74 Å². The standard InChI is InChI=1S/C14H18ClNO5/c1-19-8-10(2-3-17)16-14(18)9-6-11(15)13-12(7-9)20-4-5-21-13/h6-7,10,17H,2-5,8H2,1H3,(H,16,18). The van der Waals surface area contributed by atoms with E-state index in [0.717, 1.165) is 0 Å². The Kier molecular flexibility index (Phi) is 5.67. The minimum Gasteiger partial charge on any atom is -0.486 e. The third kappa shape index (κ3) is 4.00. The number of ether oxygens (including phenoxy) is 3. The van der Waals surface area contributed by atoms with Crippen LogP contribution < -0.4 is 14.8 Å². The van der Waals surface area contributed by atoms with Crippen molar-refractivity contribution < 1.29 is 24.1 Å². The van der Waals surface area contributed by atoms with Crippen LogP contribution in [0.25, 0.3) is 0 Å². The molecule has 1 aliphatic heterocycles. The van der Waals surface area contributed by atoms with E-state index in [1.54, 1.807) is 6.07 Å². The summed E-state index contributed by atoms with van der Waals surface area (Å²) in [6.45, 7) is 1.15. The molecule has 7 heteroatoms. The average molecular weight is 316 g/mol.